The third-order valence-electron chi connectivity index (χ3n) is 5.02. The van der Waals surface area contributed by atoms with Crippen LogP contribution >= 0.6 is 23.2 Å². The van der Waals surface area contributed by atoms with Crippen molar-refractivity contribution in [3.05, 3.63) is 64.1 Å². The molecule has 0 spiro atoms. The quantitative estimate of drug-likeness (QED) is 0.746. The summed E-state index contributed by atoms with van der Waals surface area (Å²) in [5.74, 6) is -0.265. The molecule has 3 atom stereocenters. The van der Waals surface area contributed by atoms with Crippen molar-refractivity contribution < 1.29 is 13.2 Å². The second kappa shape index (κ2) is 7.49. The average molecular weight is 414 g/mol. The highest BCUT2D eigenvalue weighted by molar-refractivity contribution is 7.92. The number of ether oxygens (including phenoxy) is 1. The van der Waals surface area contributed by atoms with Crippen LogP contribution in [0.5, 0.6) is 0 Å². The van der Waals surface area contributed by atoms with Crippen LogP contribution in [0.25, 0.3) is 0 Å². The first-order valence-corrected chi connectivity index (χ1v) is 10.7. The van der Waals surface area contributed by atoms with Gasteiger partial charge in [-0.25, -0.2) is 8.42 Å². The zero-order chi connectivity index (χ0) is 18.9. The van der Waals surface area contributed by atoms with E-state index in [0.717, 1.165) is 5.56 Å². The van der Waals surface area contributed by atoms with E-state index in [0.29, 0.717) is 16.7 Å². The summed E-state index contributed by atoms with van der Waals surface area (Å²) >= 11 is 12.0. The fourth-order valence-electron chi connectivity index (χ4n) is 3.69. The zero-order valence-corrected chi connectivity index (χ0v) is 16.7. The molecule has 2 aromatic rings. The third-order valence-corrected chi connectivity index (χ3v) is 7.85. The molecule has 2 N–H and O–H groups in total. The maximum Gasteiger partial charge on any atom is 0.182 e. The number of hydrogen-bond acceptors (Lipinski definition) is 4. The molecule has 0 saturated heterocycles. The standard InChI is InChI=1S/C19H21Cl2NO3S/c1-2-25-12-19(11-22)17(13-4-3-5-15(21)10-13)18(19)26(23,24)16-8-6-14(20)7-9-16/h3-10,17-18H,2,11-12,22H2,1H3/t17-,18+,19+/m0/s1. The Bertz CT molecular complexity index is 886. The first kappa shape index (κ1) is 19.6. The lowest BCUT2D eigenvalue weighted by Gasteiger charge is -2.16. The summed E-state index contributed by atoms with van der Waals surface area (Å²) < 4.78 is 32.3. The van der Waals surface area contributed by atoms with Crippen molar-refractivity contribution in [2.45, 2.75) is 23.0 Å². The van der Waals surface area contributed by atoms with Gasteiger partial charge < -0.3 is 10.5 Å². The van der Waals surface area contributed by atoms with Crippen molar-refractivity contribution in [1.82, 2.24) is 0 Å². The van der Waals surface area contributed by atoms with Crippen LogP contribution in [-0.4, -0.2) is 33.4 Å². The first-order valence-electron chi connectivity index (χ1n) is 8.39. The Hall–Kier alpha value is -1.11. The van der Waals surface area contributed by atoms with E-state index in [2.05, 4.69) is 0 Å². The summed E-state index contributed by atoms with van der Waals surface area (Å²) in [6.07, 6.45) is 0. The highest BCUT2D eigenvalue weighted by atomic mass is 35.5. The number of halogens is 2. The van der Waals surface area contributed by atoms with Crippen LogP contribution in [0.15, 0.2) is 53.4 Å². The van der Waals surface area contributed by atoms with Gasteiger partial charge in [0, 0.05) is 34.5 Å². The first-order chi connectivity index (χ1) is 12.4. The average Bonchev–Trinajstić information content (AvgIpc) is 3.31. The van der Waals surface area contributed by atoms with E-state index >= 15 is 0 Å². The minimum absolute atomic E-state index is 0.210. The minimum Gasteiger partial charge on any atom is -0.381 e. The molecule has 0 heterocycles. The fraction of sp³-hybridized carbons (Fsp3) is 0.368. The van der Waals surface area contributed by atoms with Crippen molar-refractivity contribution >= 4 is 33.0 Å². The van der Waals surface area contributed by atoms with Crippen molar-refractivity contribution in [2.75, 3.05) is 19.8 Å². The van der Waals surface area contributed by atoms with Gasteiger partial charge in [0.2, 0.25) is 0 Å². The molecular weight excluding hydrogens is 393 g/mol. The van der Waals surface area contributed by atoms with Gasteiger partial charge in [-0.3, -0.25) is 0 Å². The molecular formula is C19H21Cl2NO3S. The molecule has 26 heavy (non-hydrogen) atoms. The van der Waals surface area contributed by atoms with Gasteiger partial charge in [-0.2, -0.15) is 0 Å². The van der Waals surface area contributed by atoms with Crippen LogP contribution in [-0.2, 0) is 14.6 Å². The summed E-state index contributed by atoms with van der Waals surface area (Å²) in [4.78, 5) is 0.241. The second-order valence-corrected chi connectivity index (χ2v) is 9.47. The van der Waals surface area contributed by atoms with Gasteiger partial charge >= 0.3 is 0 Å². The summed E-state index contributed by atoms with van der Waals surface area (Å²) in [5.41, 5.74) is 6.26. The minimum atomic E-state index is -3.60. The lowest BCUT2D eigenvalue weighted by molar-refractivity contribution is 0.101. The lowest BCUT2D eigenvalue weighted by atomic mass is 10.00. The van der Waals surface area contributed by atoms with Gasteiger partial charge in [0.25, 0.3) is 0 Å². The maximum atomic E-state index is 13.3. The molecule has 0 aromatic heterocycles. The largest absolute Gasteiger partial charge is 0.381 e. The molecule has 0 aliphatic heterocycles. The monoisotopic (exact) mass is 413 g/mol. The van der Waals surface area contributed by atoms with Crippen LogP contribution < -0.4 is 5.73 Å². The Balaban J connectivity index is 2.05. The van der Waals surface area contributed by atoms with Crippen molar-refractivity contribution in [2.24, 2.45) is 11.1 Å². The Morgan fingerprint density at radius 2 is 1.81 bits per heavy atom. The van der Waals surface area contributed by atoms with E-state index in [1.807, 2.05) is 19.1 Å². The predicted molar refractivity (Wildman–Crippen MR) is 105 cm³/mol. The fourth-order valence-corrected chi connectivity index (χ4v) is 6.46. The predicted octanol–water partition coefficient (Wildman–Crippen LogP) is 3.91. The SMILES string of the molecule is CCOC[C@@]1(CN)[C@H](S(=O)(=O)c2ccc(Cl)cc2)[C@@H]1c1cccc(Cl)c1. The van der Waals surface area contributed by atoms with Crippen molar-refractivity contribution in [3.8, 4) is 0 Å². The zero-order valence-electron chi connectivity index (χ0n) is 14.4. The molecule has 2 aromatic carbocycles. The molecule has 0 radical (unpaired) electrons. The van der Waals surface area contributed by atoms with Crippen molar-refractivity contribution in [1.29, 1.82) is 0 Å². The third kappa shape index (κ3) is 3.39. The van der Waals surface area contributed by atoms with E-state index in [1.54, 1.807) is 24.3 Å². The van der Waals surface area contributed by atoms with E-state index in [-0.39, 0.29) is 24.0 Å². The molecule has 7 heteroatoms. The number of benzene rings is 2. The molecule has 0 amide bonds. The van der Waals surface area contributed by atoms with Crippen LogP contribution in [0.3, 0.4) is 0 Å². The molecule has 1 fully saturated rings. The Labute approximate surface area is 164 Å². The van der Waals surface area contributed by atoms with E-state index in [9.17, 15) is 8.42 Å². The van der Waals surface area contributed by atoms with Gasteiger partial charge in [-0.05, 0) is 48.9 Å². The topological polar surface area (TPSA) is 69.4 Å². The molecule has 1 aliphatic rings. The second-order valence-electron chi connectivity index (χ2n) is 6.53. The highest BCUT2D eigenvalue weighted by Crippen LogP contribution is 2.63. The van der Waals surface area contributed by atoms with Crippen LogP contribution in [0.2, 0.25) is 10.0 Å². The maximum absolute atomic E-state index is 13.3. The Kier molecular flexibility index (Phi) is 5.66. The summed E-state index contributed by atoms with van der Waals surface area (Å²) in [5, 5.41) is 0.399. The number of hydrogen-bond donors (Lipinski definition) is 1. The van der Waals surface area contributed by atoms with Crippen LogP contribution in [0.4, 0.5) is 0 Å². The molecule has 0 unspecified atom stereocenters. The van der Waals surface area contributed by atoms with Gasteiger partial charge in [-0.15, -0.1) is 0 Å². The van der Waals surface area contributed by atoms with Gasteiger partial charge in [0.15, 0.2) is 9.84 Å². The van der Waals surface area contributed by atoms with E-state index in [1.165, 1.54) is 12.1 Å². The lowest BCUT2D eigenvalue weighted by Crippen LogP contribution is -2.29. The van der Waals surface area contributed by atoms with Crippen LogP contribution in [0.1, 0.15) is 18.4 Å². The van der Waals surface area contributed by atoms with Crippen LogP contribution in [0, 0.1) is 5.41 Å². The van der Waals surface area contributed by atoms with Gasteiger partial charge in [-0.1, -0.05) is 35.3 Å². The Morgan fingerprint density at radius 1 is 1.12 bits per heavy atom. The summed E-state index contributed by atoms with van der Waals surface area (Å²) in [7, 11) is -3.60. The molecule has 3 rings (SSSR count). The van der Waals surface area contributed by atoms with E-state index < -0.39 is 20.5 Å². The molecule has 140 valence electrons. The summed E-state index contributed by atoms with van der Waals surface area (Å²) in [6.45, 7) is 2.87. The molecule has 4 nitrogen and oxygen atoms in total. The number of rotatable bonds is 7. The molecule has 1 aliphatic carbocycles. The smallest absolute Gasteiger partial charge is 0.182 e. The van der Waals surface area contributed by atoms with E-state index in [4.69, 9.17) is 33.7 Å². The molecule has 0 bridgehead atoms. The normalized spacial score (nSPS) is 25.2. The highest BCUT2D eigenvalue weighted by Gasteiger charge is 2.70. The number of sulfone groups is 1. The number of nitrogens with two attached hydrogens (primary N) is 1. The molecule has 1 saturated carbocycles. The van der Waals surface area contributed by atoms with Gasteiger partial charge in [0.1, 0.15) is 0 Å². The Morgan fingerprint density at radius 3 is 2.38 bits per heavy atom. The van der Waals surface area contributed by atoms with Crippen molar-refractivity contribution in [3.63, 3.8) is 0 Å². The van der Waals surface area contributed by atoms with Gasteiger partial charge in [0.05, 0.1) is 16.8 Å². The summed E-state index contributed by atoms with van der Waals surface area (Å²) in [6, 6.07) is 13.5.